The second kappa shape index (κ2) is 4.88. The number of nitrogens with zero attached hydrogens (tertiary/aromatic N) is 1. The number of rotatable bonds is 3. The van der Waals surface area contributed by atoms with E-state index < -0.39 is 0 Å². The molecule has 2 heterocycles. The van der Waals surface area contributed by atoms with Gasteiger partial charge in [0, 0.05) is 11.4 Å². The molecule has 0 aliphatic heterocycles. The number of fused-ring (bicyclic) bond motifs is 1. The average Bonchev–Trinajstić information content (AvgIpc) is 2.95. The largest absolute Gasteiger partial charge is 0.329 e. The van der Waals surface area contributed by atoms with E-state index in [0.29, 0.717) is 5.02 Å². The summed E-state index contributed by atoms with van der Waals surface area (Å²) in [4.78, 5) is 4.54. The Balaban J connectivity index is 1.99. The molecule has 5 heteroatoms. The van der Waals surface area contributed by atoms with E-state index in [1.165, 1.54) is 4.88 Å². The van der Waals surface area contributed by atoms with Crippen molar-refractivity contribution in [2.45, 2.75) is 13.0 Å². The lowest BCUT2D eigenvalue weighted by Gasteiger charge is -2.03. The minimum absolute atomic E-state index is 0.716. The SMILES string of the molecule is S=c1[nH]c2c(Cl)cccc2n1CCc1cccs1. The fourth-order valence-corrected chi connectivity index (χ4v) is 3.25. The number of hydrogen-bond donors (Lipinski definition) is 1. The van der Waals surface area contributed by atoms with Gasteiger partial charge in [0.1, 0.15) is 0 Å². The molecule has 2 aromatic heterocycles. The number of aromatic nitrogens is 2. The molecule has 0 bridgehead atoms. The van der Waals surface area contributed by atoms with Crippen molar-refractivity contribution in [2.75, 3.05) is 0 Å². The number of aryl methyl sites for hydroxylation is 2. The van der Waals surface area contributed by atoms with Crippen molar-refractivity contribution >= 4 is 46.2 Å². The topological polar surface area (TPSA) is 20.7 Å². The van der Waals surface area contributed by atoms with Crippen molar-refractivity contribution in [1.82, 2.24) is 9.55 Å². The lowest BCUT2D eigenvalue weighted by molar-refractivity contribution is 0.712. The Bertz CT molecular complexity index is 725. The van der Waals surface area contributed by atoms with Crippen molar-refractivity contribution in [3.8, 4) is 0 Å². The number of halogens is 1. The fourth-order valence-electron chi connectivity index (χ4n) is 2.04. The molecule has 0 radical (unpaired) electrons. The summed E-state index contributed by atoms with van der Waals surface area (Å²) in [6, 6.07) is 10.1. The highest BCUT2D eigenvalue weighted by Crippen LogP contribution is 2.23. The highest BCUT2D eigenvalue weighted by molar-refractivity contribution is 7.71. The highest BCUT2D eigenvalue weighted by Gasteiger charge is 2.07. The van der Waals surface area contributed by atoms with Gasteiger partial charge in [-0.2, -0.15) is 0 Å². The molecule has 18 heavy (non-hydrogen) atoms. The predicted molar refractivity (Wildman–Crippen MR) is 80.2 cm³/mol. The molecule has 2 nitrogen and oxygen atoms in total. The average molecular weight is 295 g/mol. The molecular weight excluding hydrogens is 284 g/mol. The van der Waals surface area contributed by atoms with Crippen LogP contribution in [-0.4, -0.2) is 9.55 Å². The van der Waals surface area contributed by atoms with E-state index in [2.05, 4.69) is 27.1 Å². The van der Waals surface area contributed by atoms with Gasteiger partial charge in [-0.15, -0.1) is 11.3 Å². The molecule has 0 saturated carbocycles. The van der Waals surface area contributed by atoms with Crippen molar-refractivity contribution in [3.63, 3.8) is 0 Å². The van der Waals surface area contributed by atoms with E-state index in [-0.39, 0.29) is 0 Å². The third kappa shape index (κ3) is 2.11. The number of thiophene rings is 1. The Morgan fingerprint density at radius 2 is 2.17 bits per heavy atom. The minimum atomic E-state index is 0.716. The van der Waals surface area contributed by atoms with Crippen LogP contribution in [0.4, 0.5) is 0 Å². The van der Waals surface area contributed by atoms with Gasteiger partial charge < -0.3 is 9.55 Å². The van der Waals surface area contributed by atoms with Crippen LogP contribution in [0.1, 0.15) is 4.88 Å². The number of imidazole rings is 1. The molecule has 1 aromatic carbocycles. The minimum Gasteiger partial charge on any atom is -0.329 e. The summed E-state index contributed by atoms with van der Waals surface area (Å²) in [5.41, 5.74) is 2.00. The van der Waals surface area contributed by atoms with Gasteiger partial charge in [0.05, 0.1) is 16.1 Å². The number of nitrogens with one attached hydrogen (secondary N) is 1. The van der Waals surface area contributed by atoms with E-state index in [1.807, 2.05) is 18.2 Å². The smallest absolute Gasteiger partial charge is 0.178 e. The molecule has 3 aromatic rings. The monoisotopic (exact) mass is 294 g/mol. The standard InChI is InChI=1S/C13H11ClN2S2/c14-10-4-1-5-11-12(10)15-13(17)16(11)7-6-9-3-2-8-18-9/h1-5,8H,6-7H2,(H,15,17). The first-order chi connectivity index (χ1) is 8.75. The van der Waals surface area contributed by atoms with Crippen LogP contribution < -0.4 is 0 Å². The fraction of sp³-hybridized carbons (Fsp3) is 0.154. The Morgan fingerprint density at radius 1 is 1.28 bits per heavy atom. The third-order valence-electron chi connectivity index (χ3n) is 2.92. The molecule has 92 valence electrons. The molecule has 0 aliphatic carbocycles. The van der Waals surface area contributed by atoms with E-state index in [4.69, 9.17) is 23.8 Å². The number of aromatic amines is 1. The summed E-state index contributed by atoms with van der Waals surface area (Å²) < 4.78 is 2.84. The Hall–Kier alpha value is -1.10. The molecule has 1 N–H and O–H groups in total. The van der Waals surface area contributed by atoms with Gasteiger partial charge in [-0.05, 0) is 42.2 Å². The maximum Gasteiger partial charge on any atom is 0.178 e. The summed E-state index contributed by atoms with van der Waals surface area (Å²) in [6.07, 6.45) is 0.992. The van der Waals surface area contributed by atoms with Gasteiger partial charge in [0.15, 0.2) is 4.77 Å². The van der Waals surface area contributed by atoms with Crippen LogP contribution in [0.3, 0.4) is 0 Å². The zero-order valence-corrected chi connectivity index (χ0v) is 11.9. The molecule has 0 unspecified atom stereocenters. The van der Waals surface area contributed by atoms with Gasteiger partial charge in [0.2, 0.25) is 0 Å². The van der Waals surface area contributed by atoms with Crippen molar-refractivity contribution in [2.24, 2.45) is 0 Å². The Morgan fingerprint density at radius 3 is 2.94 bits per heavy atom. The lowest BCUT2D eigenvalue weighted by atomic mass is 10.3. The first kappa shape index (κ1) is 12.0. The molecule has 3 rings (SSSR count). The van der Waals surface area contributed by atoms with Crippen LogP contribution in [0.15, 0.2) is 35.7 Å². The summed E-state index contributed by atoms with van der Waals surface area (Å²) in [5, 5.41) is 2.81. The van der Waals surface area contributed by atoms with Crippen LogP contribution in [0.2, 0.25) is 5.02 Å². The van der Waals surface area contributed by atoms with Crippen LogP contribution in [0, 0.1) is 4.77 Å². The van der Waals surface area contributed by atoms with Gasteiger partial charge in [-0.1, -0.05) is 23.7 Å². The van der Waals surface area contributed by atoms with Crippen molar-refractivity contribution < 1.29 is 0 Å². The highest BCUT2D eigenvalue weighted by atomic mass is 35.5. The second-order valence-electron chi connectivity index (χ2n) is 4.05. The molecule has 0 atom stereocenters. The predicted octanol–water partition coefficient (Wildman–Crippen LogP) is 4.66. The molecule has 0 fully saturated rings. The number of benzene rings is 1. The number of hydrogen-bond acceptors (Lipinski definition) is 2. The van der Waals surface area contributed by atoms with Crippen LogP contribution in [0.25, 0.3) is 11.0 Å². The Labute approximate surface area is 119 Å². The quantitative estimate of drug-likeness (QED) is 0.697. The van der Waals surface area contributed by atoms with Gasteiger partial charge in [0.25, 0.3) is 0 Å². The Kier molecular flexibility index (Phi) is 3.24. The van der Waals surface area contributed by atoms with Crippen LogP contribution in [-0.2, 0) is 13.0 Å². The van der Waals surface area contributed by atoms with Crippen molar-refractivity contribution in [1.29, 1.82) is 0 Å². The van der Waals surface area contributed by atoms with Crippen molar-refractivity contribution in [3.05, 3.63) is 50.4 Å². The van der Waals surface area contributed by atoms with E-state index >= 15 is 0 Å². The van der Waals surface area contributed by atoms with Gasteiger partial charge in [-0.25, -0.2) is 0 Å². The zero-order chi connectivity index (χ0) is 12.5. The second-order valence-corrected chi connectivity index (χ2v) is 5.87. The molecule has 0 amide bonds. The summed E-state index contributed by atoms with van der Waals surface area (Å²) in [7, 11) is 0. The third-order valence-corrected chi connectivity index (χ3v) is 4.50. The maximum absolute atomic E-state index is 6.15. The van der Waals surface area contributed by atoms with E-state index in [1.54, 1.807) is 11.3 Å². The summed E-state index contributed by atoms with van der Waals surface area (Å²) in [6.45, 7) is 0.875. The number of para-hydroxylation sites is 1. The molecular formula is C13H11ClN2S2. The number of H-pyrrole nitrogens is 1. The van der Waals surface area contributed by atoms with Gasteiger partial charge >= 0.3 is 0 Å². The van der Waals surface area contributed by atoms with E-state index in [0.717, 1.165) is 28.8 Å². The maximum atomic E-state index is 6.15. The summed E-state index contributed by atoms with van der Waals surface area (Å²) in [5.74, 6) is 0. The molecule has 0 saturated heterocycles. The molecule has 0 aliphatic rings. The van der Waals surface area contributed by atoms with Crippen LogP contribution >= 0.6 is 35.2 Å². The molecule has 0 spiro atoms. The van der Waals surface area contributed by atoms with Gasteiger partial charge in [-0.3, -0.25) is 0 Å². The normalized spacial score (nSPS) is 11.2. The first-order valence-electron chi connectivity index (χ1n) is 5.65. The van der Waals surface area contributed by atoms with Crippen LogP contribution in [0.5, 0.6) is 0 Å². The zero-order valence-electron chi connectivity index (χ0n) is 9.52. The first-order valence-corrected chi connectivity index (χ1v) is 7.32. The lowest BCUT2D eigenvalue weighted by Crippen LogP contribution is -2.00. The van der Waals surface area contributed by atoms with E-state index in [9.17, 15) is 0 Å². The summed E-state index contributed by atoms with van der Waals surface area (Å²) >= 11 is 13.3.